The topological polar surface area (TPSA) is 87.7 Å². The van der Waals surface area contributed by atoms with Crippen molar-refractivity contribution < 1.29 is 19.1 Å². The second-order valence-electron chi connectivity index (χ2n) is 11.3. The predicted octanol–water partition coefficient (Wildman–Crippen LogP) is 4.70. The van der Waals surface area contributed by atoms with E-state index in [-0.39, 0.29) is 29.8 Å². The van der Waals surface area contributed by atoms with Crippen LogP contribution in [-0.2, 0) is 14.3 Å². The van der Waals surface area contributed by atoms with Gasteiger partial charge in [-0.05, 0) is 64.0 Å². The predicted molar refractivity (Wildman–Crippen MR) is 140 cm³/mol. The lowest BCUT2D eigenvalue weighted by Crippen LogP contribution is -2.56. The van der Waals surface area contributed by atoms with Crippen molar-refractivity contribution in [2.75, 3.05) is 0 Å². The zero-order valence-electron chi connectivity index (χ0n) is 22.3. The first-order valence-electron chi connectivity index (χ1n) is 13.2. The molecule has 2 atom stereocenters. The number of terminal acetylenes is 1. The second-order valence-corrected chi connectivity index (χ2v) is 11.3. The molecule has 1 aromatic carbocycles. The van der Waals surface area contributed by atoms with Crippen LogP contribution in [0, 0.1) is 18.3 Å². The van der Waals surface area contributed by atoms with Gasteiger partial charge in [0.05, 0.1) is 0 Å². The van der Waals surface area contributed by atoms with E-state index in [1.807, 2.05) is 32.0 Å². The number of rotatable bonds is 8. The Morgan fingerprint density at radius 2 is 1.69 bits per heavy atom. The van der Waals surface area contributed by atoms with Crippen LogP contribution < -0.4 is 10.6 Å². The van der Waals surface area contributed by atoms with Crippen molar-refractivity contribution in [2.24, 2.45) is 5.92 Å². The molecule has 0 heterocycles. The molecule has 36 heavy (non-hydrogen) atoms. The fourth-order valence-corrected chi connectivity index (χ4v) is 4.79. The molecule has 2 fully saturated rings. The van der Waals surface area contributed by atoms with Crippen LogP contribution in [-0.4, -0.2) is 46.5 Å². The van der Waals surface area contributed by atoms with Crippen LogP contribution in [0.3, 0.4) is 0 Å². The maximum absolute atomic E-state index is 14.1. The zero-order chi connectivity index (χ0) is 26.5. The summed E-state index contributed by atoms with van der Waals surface area (Å²) >= 11 is 0. The number of hydrogen-bond donors (Lipinski definition) is 2. The Hall–Kier alpha value is -3.01. The van der Waals surface area contributed by atoms with Crippen LogP contribution in [0.2, 0.25) is 0 Å². The molecular weight excluding hydrogens is 454 g/mol. The Bertz CT molecular complexity index is 981. The molecule has 0 aromatic heterocycles. The largest absolute Gasteiger partial charge is 0.444 e. The van der Waals surface area contributed by atoms with Gasteiger partial charge in [0.2, 0.25) is 11.8 Å². The molecule has 2 aliphatic rings. The van der Waals surface area contributed by atoms with Gasteiger partial charge in [-0.3, -0.25) is 9.59 Å². The van der Waals surface area contributed by atoms with E-state index in [4.69, 9.17) is 11.2 Å². The first-order chi connectivity index (χ1) is 17.0. The summed E-state index contributed by atoms with van der Waals surface area (Å²) in [5, 5.41) is 5.98. The summed E-state index contributed by atoms with van der Waals surface area (Å²) in [5.41, 5.74) is 0.521. The minimum Gasteiger partial charge on any atom is -0.444 e. The third-order valence-corrected chi connectivity index (χ3v) is 6.69. The summed E-state index contributed by atoms with van der Waals surface area (Å²) in [7, 11) is 0. The Morgan fingerprint density at radius 3 is 2.25 bits per heavy atom. The number of ether oxygens (including phenoxy) is 1. The molecule has 7 nitrogen and oxygen atoms in total. The van der Waals surface area contributed by atoms with Crippen molar-refractivity contribution in [2.45, 2.75) is 109 Å². The van der Waals surface area contributed by atoms with Gasteiger partial charge in [0.15, 0.2) is 0 Å². The third kappa shape index (κ3) is 7.25. The number of nitrogens with one attached hydrogen (secondary N) is 2. The summed E-state index contributed by atoms with van der Waals surface area (Å²) in [5.74, 6) is 1.96. The fourth-order valence-electron chi connectivity index (χ4n) is 4.79. The summed E-state index contributed by atoms with van der Waals surface area (Å²) in [6.45, 7) is 9.07. The van der Waals surface area contributed by atoms with E-state index in [1.165, 1.54) is 6.42 Å². The van der Waals surface area contributed by atoms with Gasteiger partial charge in [-0.1, -0.05) is 57.2 Å². The highest BCUT2D eigenvalue weighted by Gasteiger charge is 2.45. The number of hydrogen-bond acceptors (Lipinski definition) is 4. The molecule has 2 N–H and O–H groups in total. The molecule has 7 heteroatoms. The highest BCUT2D eigenvalue weighted by atomic mass is 16.6. The van der Waals surface area contributed by atoms with E-state index < -0.39 is 23.8 Å². The monoisotopic (exact) mass is 495 g/mol. The molecule has 196 valence electrons. The number of carbonyl (C=O) groups is 3. The van der Waals surface area contributed by atoms with Gasteiger partial charge >= 0.3 is 6.09 Å². The summed E-state index contributed by atoms with van der Waals surface area (Å²) in [6, 6.07) is 5.57. The van der Waals surface area contributed by atoms with Gasteiger partial charge < -0.3 is 20.3 Å². The highest BCUT2D eigenvalue weighted by molar-refractivity contribution is 5.93. The van der Waals surface area contributed by atoms with E-state index in [0.717, 1.165) is 38.5 Å². The second kappa shape index (κ2) is 11.8. The van der Waals surface area contributed by atoms with Crippen molar-refractivity contribution in [3.05, 3.63) is 35.4 Å². The first-order valence-corrected chi connectivity index (χ1v) is 13.2. The number of carbonyl (C=O) groups excluding carboxylic acids is 3. The zero-order valence-corrected chi connectivity index (χ0v) is 22.3. The van der Waals surface area contributed by atoms with E-state index in [9.17, 15) is 14.4 Å². The van der Waals surface area contributed by atoms with Crippen molar-refractivity contribution in [1.29, 1.82) is 0 Å². The summed E-state index contributed by atoms with van der Waals surface area (Å²) < 4.78 is 5.43. The molecule has 1 aromatic rings. The molecule has 3 amide bonds. The molecule has 2 saturated carbocycles. The fraction of sp³-hybridized carbons (Fsp3) is 0.621. The SMILES string of the molecule is C#Cc1ccccc1C(C(=O)NC1CCCCC1)N(C(=O)C(NC(=O)OC(C)(C)C)C(C)C)C1CC1. The van der Waals surface area contributed by atoms with Gasteiger partial charge in [-0.15, -0.1) is 6.42 Å². The van der Waals surface area contributed by atoms with Gasteiger partial charge in [-0.25, -0.2) is 4.79 Å². The van der Waals surface area contributed by atoms with Gasteiger partial charge in [0, 0.05) is 17.6 Å². The van der Waals surface area contributed by atoms with Crippen LogP contribution in [0.5, 0.6) is 0 Å². The molecule has 0 spiro atoms. The maximum atomic E-state index is 14.1. The maximum Gasteiger partial charge on any atom is 0.408 e. The minimum absolute atomic E-state index is 0.0867. The molecule has 0 radical (unpaired) electrons. The van der Waals surface area contributed by atoms with Gasteiger partial charge in [0.25, 0.3) is 0 Å². The van der Waals surface area contributed by atoms with Crippen LogP contribution >= 0.6 is 0 Å². The molecule has 0 saturated heterocycles. The smallest absolute Gasteiger partial charge is 0.408 e. The van der Waals surface area contributed by atoms with Gasteiger partial charge in [0.1, 0.15) is 17.7 Å². The van der Waals surface area contributed by atoms with E-state index in [2.05, 4.69) is 16.6 Å². The number of alkyl carbamates (subject to hydrolysis) is 1. The molecule has 3 rings (SSSR count). The number of amides is 3. The minimum atomic E-state index is -0.874. The molecule has 0 bridgehead atoms. The Labute approximate surface area is 215 Å². The van der Waals surface area contributed by atoms with Crippen molar-refractivity contribution >= 4 is 17.9 Å². The Morgan fingerprint density at radius 1 is 1.06 bits per heavy atom. The van der Waals surface area contributed by atoms with Crippen LogP contribution in [0.4, 0.5) is 4.79 Å². The van der Waals surface area contributed by atoms with Gasteiger partial charge in [-0.2, -0.15) is 0 Å². The number of nitrogens with zero attached hydrogens (tertiary/aromatic N) is 1. The normalized spacial score (nSPS) is 18.0. The van der Waals surface area contributed by atoms with Crippen molar-refractivity contribution in [3.8, 4) is 12.3 Å². The lowest BCUT2D eigenvalue weighted by molar-refractivity contribution is -0.144. The molecular formula is C29H41N3O4. The molecule has 2 unspecified atom stereocenters. The van der Waals surface area contributed by atoms with E-state index >= 15 is 0 Å². The molecule has 2 aliphatic carbocycles. The lowest BCUT2D eigenvalue weighted by Gasteiger charge is -2.37. The highest BCUT2D eigenvalue weighted by Crippen LogP contribution is 2.37. The number of benzene rings is 1. The average Bonchev–Trinajstić information content (AvgIpc) is 3.65. The van der Waals surface area contributed by atoms with Crippen LogP contribution in [0.15, 0.2) is 24.3 Å². The summed E-state index contributed by atoms with van der Waals surface area (Å²) in [6.07, 6.45) is 12.0. The van der Waals surface area contributed by atoms with Crippen LogP contribution in [0.1, 0.15) is 96.7 Å². The Kier molecular flexibility index (Phi) is 9.05. The Balaban J connectivity index is 1.97. The van der Waals surface area contributed by atoms with Crippen molar-refractivity contribution in [3.63, 3.8) is 0 Å². The first kappa shape index (κ1) is 27.6. The van der Waals surface area contributed by atoms with Crippen molar-refractivity contribution in [1.82, 2.24) is 15.5 Å². The summed E-state index contributed by atoms with van der Waals surface area (Å²) in [4.78, 5) is 42.3. The van der Waals surface area contributed by atoms with E-state index in [0.29, 0.717) is 11.1 Å². The quantitative estimate of drug-likeness (QED) is 0.512. The van der Waals surface area contributed by atoms with E-state index in [1.54, 1.807) is 31.7 Å². The van der Waals surface area contributed by atoms with Crippen LogP contribution in [0.25, 0.3) is 0 Å². The molecule has 0 aliphatic heterocycles. The third-order valence-electron chi connectivity index (χ3n) is 6.69. The lowest BCUT2D eigenvalue weighted by atomic mass is 9.93. The standard InChI is InChI=1S/C29H41N3O4/c1-7-20-13-11-12-16-23(20)25(26(33)30-21-14-9-8-10-15-21)32(22-17-18-22)27(34)24(19(2)3)31-28(35)36-29(4,5)6/h1,11-13,16,19,21-22,24-25H,8-10,14-15,17-18H2,2-6H3,(H,30,33)(H,31,35). The average molecular weight is 496 g/mol.